The maximum absolute atomic E-state index is 12.4. The molecule has 1 heterocycles. The van der Waals surface area contributed by atoms with E-state index >= 15 is 0 Å². The van der Waals surface area contributed by atoms with Crippen LogP contribution in [0.15, 0.2) is 29.2 Å². The molecule has 1 aliphatic heterocycles. The fourth-order valence-corrected chi connectivity index (χ4v) is 4.31. The normalized spacial score (nSPS) is 21.1. The lowest BCUT2D eigenvalue weighted by molar-refractivity contribution is -0.274. The van der Waals surface area contributed by atoms with Gasteiger partial charge in [-0.3, -0.25) is 0 Å². The van der Waals surface area contributed by atoms with Crippen molar-refractivity contribution in [2.75, 3.05) is 13.6 Å². The van der Waals surface area contributed by atoms with Crippen LogP contribution in [0.25, 0.3) is 0 Å². The van der Waals surface area contributed by atoms with E-state index < -0.39 is 22.1 Å². The minimum atomic E-state index is -4.81. The van der Waals surface area contributed by atoms with E-state index in [9.17, 15) is 21.6 Å². The van der Waals surface area contributed by atoms with E-state index in [1.54, 1.807) is 6.92 Å². The van der Waals surface area contributed by atoms with Crippen molar-refractivity contribution in [2.45, 2.75) is 55.9 Å². The van der Waals surface area contributed by atoms with E-state index in [-0.39, 0.29) is 10.9 Å². The molecule has 0 amide bonds. The summed E-state index contributed by atoms with van der Waals surface area (Å²) < 4.78 is 67.5. The van der Waals surface area contributed by atoms with Crippen LogP contribution in [0.5, 0.6) is 5.75 Å². The topological polar surface area (TPSA) is 58.6 Å². The summed E-state index contributed by atoms with van der Waals surface area (Å²) >= 11 is 0. The van der Waals surface area contributed by atoms with E-state index in [4.69, 9.17) is 0 Å². The van der Waals surface area contributed by atoms with Gasteiger partial charge in [0.25, 0.3) is 0 Å². The number of sulfonamides is 1. The van der Waals surface area contributed by atoms with E-state index in [0.717, 1.165) is 50.1 Å². The Morgan fingerprint density at radius 2 is 1.92 bits per heavy atom. The van der Waals surface area contributed by atoms with Gasteiger partial charge in [-0.25, -0.2) is 13.1 Å². The maximum atomic E-state index is 12.4. The SMILES string of the molecule is CC(CC1CCCCN1C)NS(=O)(=O)c1ccc(OC(F)(F)F)cc1. The Bertz CT molecular complexity index is 662. The Kier molecular flexibility index (Phi) is 6.34. The van der Waals surface area contributed by atoms with Crippen molar-refractivity contribution in [3.63, 3.8) is 0 Å². The number of likely N-dealkylation sites (tertiary alicyclic amines) is 1. The summed E-state index contributed by atoms with van der Waals surface area (Å²) in [5.41, 5.74) is 0. The number of nitrogens with zero attached hydrogens (tertiary/aromatic N) is 1. The zero-order valence-corrected chi connectivity index (χ0v) is 15.0. The van der Waals surface area contributed by atoms with Gasteiger partial charge in [0.15, 0.2) is 0 Å². The molecule has 0 aromatic heterocycles. The number of ether oxygens (including phenoxy) is 1. The molecule has 2 unspecified atom stereocenters. The zero-order valence-electron chi connectivity index (χ0n) is 14.2. The lowest BCUT2D eigenvalue weighted by Gasteiger charge is -2.34. The molecular weight excluding hydrogens is 357 g/mol. The summed E-state index contributed by atoms with van der Waals surface area (Å²) in [6.07, 6.45) is -0.801. The highest BCUT2D eigenvalue weighted by Gasteiger charge is 2.31. The molecule has 2 rings (SSSR count). The van der Waals surface area contributed by atoms with Gasteiger partial charge in [0.2, 0.25) is 10.0 Å². The second kappa shape index (κ2) is 7.92. The molecule has 1 fully saturated rings. The van der Waals surface area contributed by atoms with Crippen LogP contribution in [0.4, 0.5) is 13.2 Å². The minimum absolute atomic E-state index is 0.0918. The number of halogens is 3. The van der Waals surface area contributed by atoms with Gasteiger partial charge in [0.05, 0.1) is 4.90 Å². The van der Waals surface area contributed by atoms with Gasteiger partial charge >= 0.3 is 6.36 Å². The predicted molar refractivity (Wildman–Crippen MR) is 87.8 cm³/mol. The van der Waals surface area contributed by atoms with Crippen molar-refractivity contribution >= 4 is 10.0 Å². The second-order valence-corrected chi connectivity index (χ2v) is 8.12. The van der Waals surface area contributed by atoms with Gasteiger partial charge in [-0.05, 0) is 64.0 Å². The molecule has 5 nitrogen and oxygen atoms in total. The number of hydrogen-bond acceptors (Lipinski definition) is 4. The van der Waals surface area contributed by atoms with Gasteiger partial charge in [-0.2, -0.15) is 0 Å². The third kappa shape index (κ3) is 6.16. The van der Waals surface area contributed by atoms with Gasteiger partial charge in [-0.1, -0.05) is 6.42 Å². The second-order valence-electron chi connectivity index (χ2n) is 6.41. The van der Waals surface area contributed by atoms with Gasteiger partial charge < -0.3 is 9.64 Å². The zero-order chi connectivity index (χ0) is 18.7. The monoisotopic (exact) mass is 380 g/mol. The Labute approximate surface area is 146 Å². The average molecular weight is 380 g/mol. The van der Waals surface area contributed by atoms with Crippen LogP contribution in [0.3, 0.4) is 0 Å². The van der Waals surface area contributed by atoms with Crippen LogP contribution in [-0.4, -0.2) is 45.4 Å². The number of piperidine rings is 1. The standard InChI is InChI=1S/C16H23F3N2O3S/c1-12(11-13-5-3-4-10-21(13)2)20-25(22,23)15-8-6-14(7-9-15)24-16(17,18)19/h6-9,12-13,20H,3-5,10-11H2,1-2H3. The van der Waals surface area contributed by atoms with Crippen LogP contribution in [-0.2, 0) is 10.0 Å². The molecule has 25 heavy (non-hydrogen) atoms. The first-order chi connectivity index (χ1) is 11.6. The van der Waals surface area contributed by atoms with Gasteiger partial charge in [0, 0.05) is 12.1 Å². The number of nitrogens with one attached hydrogen (secondary N) is 1. The number of hydrogen-bond donors (Lipinski definition) is 1. The molecule has 142 valence electrons. The molecule has 1 aliphatic rings. The van der Waals surface area contributed by atoms with Crippen molar-refractivity contribution in [3.05, 3.63) is 24.3 Å². The molecule has 0 aliphatic carbocycles. The molecule has 0 spiro atoms. The summed E-state index contributed by atoms with van der Waals surface area (Å²) in [5.74, 6) is -0.455. The third-order valence-corrected chi connectivity index (χ3v) is 5.88. The summed E-state index contributed by atoms with van der Waals surface area (Å²) in [6, 6.07) is 4.23. The molecule has 1 aromatic carbocycles. The van der Waals surface area contributed by atoms with Crippen molar-refractivity contribution in [2.24, 2.45) is 0 Å². The fraction of sp³-hybridized carbons (Fsp3) is 0.625. The minimum Gasteiger partial charge on any atom is -0.406 e. The highest BCUT2D eigenvalue weighted by molar-refractivity contribution is 7.89. The van der Waals surface area contributed by atoms with Crippen molar-refractivity contribution < 1.29 is 26.3 Å². The van der Waals surface area contributed by atoms with Crippen molar-refractivity contribution in [3.8, 4) is 5.75 Å². The van der Waals surface area contributed by atoms with Crippen LogP contribution in [0, 0.1) is 0 Å². The van der Waals surface area contributed by atoms with E-state index in [2.05, 4.69) is 14.4 Å². The summed E-state index contributed by atoms with van der Waals surface area (Å²) in [7, 11) is -1.76. The molecule has 0 bridgehead atoms. The van der Waals surface area contributed by atoms with Crippen LogP contribution in [0.1, 0.15) is 32.6 Å². The number of alkyl halides is 3. The highest BCUT2D eigenvalue weighted by Crippen LogP contribution is 2.24. The lowest BCUT2D eigenvalue weighted by atomic mass is 9.97. The number of rotatable bonds is 6. The lowest BCUT2D eigenvalue weighted by Crippen LogP contribution is -2.42. The molecule has 1 saturated heterocycles. The van der Waals surface area contributed by atoms with Crippen molar-refractivity contribution in [1.29, 1.82) is 0 Å². The van der Waals surface area contributed by atoms with Crippen LogP contribution < -0.4 is 9.46 Å². The van der Waals surface area contributed by atoms with Crippen LogP contribution in [0.2, 0.25) is 0 Å². The Morgan fingerprint density at radius 1 is 1.28 bits per heavy atom. The predicted octanol–water partition coefficient (Wildman–Crippen LogP) is 3.13. The molecule has 0 saturated carbocycles. The Hall–Kier alpha value is -1.32. The summed E-state index contributed by atoms with van der Waals surface area (Å²) in [4.78, 5) is 2.14. The maximum Gasteiger partial charge on any atom is 0.573 e. The number of benzene rings is 1. The molecule has 2 atom stereocenters. The molecular formula is C16H23F3N2O3S. The largest absolute Gasteiger partial charge is 0.573 e. The summed E-state index contributed by atoms with van der Waals surface area (Å²) in [5, 5.41) is 0. The van der Waals surface area contributed by atoms with E-state index in [1.807, 2.05) is 7.05 Å². The molecule has 1 aromatic rings. The first-order valence-electron chi connectivity index (χ1n) is 8.15. The van der Waals surface area contributed by atoms with E-state index in [1.165, 1.54) is 0 Å². The van der Waals surface area contributed by atoms with Crippen LogP contribution >= 0.6 is 0 Å². The molecule has 1 N–H and O–H groups in total. The summed E-state index contributed by atoms with van der Waals surface area (Å²) in [6.45, 7) is 2.80. The highest BCUT2D eigenvalue weighted by atomic mass is 32.2. The third-order valence-electron chi connectivity index (χ3n) is 4.27. The Morgan fingerprint density at radius 3 is 2.48 bits per heavy atom. The van der Waals surface area contributed by atoms with Gasteiger partial charge in [-0.15, -0.1) is 13.2 Å². The fourth-order valence-electron chi connectivity index (χ4n) is 3.05. The van der Waals surface area contributed by atoms with E-state index in [0.29, 0.717) is 12.5 Å². The van der Waals surface area contributed by atoms with Gasteiger partial charge in [0.1, 0.15) is 5.75 Å². The average Bonchev–Trinajstić information content (AvgIpc) is 2.48. The smallest absolute Gasteiger partial charge is 0.406 e. The quantitative estimate of drug-likeness (QED) is 0.824. The molecule has 0 radical (unpaired) electrons. The van der Waals surface area contributed by atoms with Crippen molar-refractivity contribution in [1.82, 2.24) is 9.62 Å². The Balaban J connectivity index is 1.98. The molecule has 9 heteroatoms. The first kappa shape index (κ1) is 20.0. The first-order valence-corrected chi connectivity index (χ1v) is 9.63.